The molecule has 0 radical (unpaired) electrons. The molecule has 6 heteroatoms. The number of allylic oxidation sites excluding steroid dienone is 1. The molecule has 0 aromatic carbocycles. The normalized spacial score (nSPS) is 15.0. The maximum absolute atomic E-state index is 12.3. The van der Waals surface area contributed by atoms with Gasteiger partial charge in [-0.25, -0.2) is 0 Å². The third-order valence-electron chi connectivity index (χ3n) is 2.78. The van der Waals surface area contributed by atoms with Gasteiger partial charge in [0.25, 0.3) is 0 Å². The van der Waals surface area contributed by atoms with Crippen molar-refractivity contribution in [3.05, 3.63) is 11.5 Å². The van der Waals surface area contributed by atoms with E-state index in [4.69, 9.17) is 10.5 Å². The Morgan fingerprint density at radius 3 is 1.91 bits per heavy atom. The Kier molecular flexibility index (Phi) is 7.48. The number of esters is 1. The number of carbonyl (C=O) groups is 2. The van der Waals surface area contributed by atoms with Crippen LogP contribution in [-0.2, 0) is 25.1 Å². The van der Waals surface area contributed by atoms with Crippen LogP contribution < -0.4 is 5.73 Å². The lowest BCUT2D eigenvalue weighted by molar-refractivity contribution is -0.148. The second-order valence-corrected chi connectivity index (χ2v) is 8.92. The summed E-state index contributed by atoms with van der Waals surface area (Å²) >= 11 is 0. The second kappa shape index (κ2) is 7.90. The molecule has 0 aliphatic rings. The van der Waals surface area contributed by atoms with E-state index in [1.165, 1.54) is 0 Å². The van der Waals surface area contributed by atoms with E-state index in [0.717, 1.165) is 6.42 Å². The molecular weight excluding hydrogens is 302 g/mol. The van der Waals surface area contributed by atoms with Crippen LogP contribution in [0.1, 0.15) is 54.9 Å². The Morgan fingerprint density at radius 2 is 1.55 bits per heavy atom. The second-order valence-electron chi connectivity index (χ2n) is 7.34. The minimum Gasteiger partial charge on any atom is -0.427 e. The SMILES string of the molecule is CCCS(=O)C/C(OC(=O)C(C)(C)C)=C(/N)C(=O)C(C)(C)C. The highest BCUT2D eigenvalue weighted by atomic mass is 32.2. The lowest BCUT2D eigenvalue weighted by Gasteiger charge is -2.22. The standard InChI is InChI=1S/C16H29NO4S/c1-8-9-22(20)10-11(21-14(19)16(5,6)7)12(17)13(18)15(2,3)4/h8-10,17H2,1-7H3/b12-11-. The molecule has 0 aliphatic carbocycles. The van der Waals surface area contributed by atoms with Gasteiger partial charge in [-0.05, 0) is 27.2 Å². The maximum Gasteiger partial charge on any atom is 0.316 e. The van der Waals surface area contributed by atoms with Gasteiger partial charge in [0, 0.05) is 22.0 Å². The van der Waals surface area contributed by atoms with Crippen molar-refractivity contribution in [2.24, 2.45) is 16.6 Å². The first-order chi connectivity index (χ1) is 9.80. The van der Waals surface area contributed by atoms with Crippen LogP contribution in [0.15, 0.2) is 11.5 Å². The molecule has 22 heavy (non-hydrogen) atoms. The van der Waals surface area contributed by atoms with Crippen molar-refractivity contribution in [1.29, 1.82) is 0 Å². The molecule has 0 saturated carbocycles. The van der Waals surface area contributed by atoms with Crippen molar-refractivity contribution >= 4 is 22.6 Å². The summed E-state index contributed by atoms with van der Waals surface area (Å²) in [5, 5.41) is 0. The highest BCUT2D eigenvalue weighted by Gasteiger charge is 2.30. The van der Waals surface area contributed by atoms with Gasteiger partial charge in [-0.3, -0.25) is 13.8 Å². The molecule has 0 heterocycles. The molecule has 0 saturated heterocycles. The van der Waals surface area contributed by atoms with E-state index < -0.39 is 27.6 Å². The smallest absolute Gasteiger partial charge is 0.316 e. The Bertz CT molecular complexity index is 481. The molecule has 0 amide bonds. The van der Waals surface area contributed by atoms with Crippen molar-refractivity contribution in [3.63, 3.8) is 0 Å². The van der Waals surface area contributed by atoms with Gasteiger partial charge >= 0.3 is 5.97 Å². The Hall–Kier alpha value is -1.17. The predicted octanol–water partition coefficient (Wildman–Crippen LogP) is 2.52. The van der Waals surface area contributed by atoms with Crippen LogP contribution in [0.4, 0.5) is 0 Å². The van der Waals surface area contributed by atoms with E-state index in [9.17, 15) is 13.8 Å². The van der Waals surface area contributed by atoms with Crippen LogP contribution in [-0.4, -0.2) is 27.5 Å². The highest BCUT2D eigenvalue weighted by Crippen LogP contribution is 2.23. The fourth-order valence-electron chi connectivity index (χ4n) is 1.40. The zero-order chi connectivity index (χ0) is 17.7. The fraction of sp³-hybridized carbons (Fsp3) is 0.750. The average Bonchev–Trinajstić information content (AvgIpc) is 2.34. The summed E-state index contributed by atoms with van der Waals surface area (Å²) < 4.78 is 17.3. The maximum atomic E-state index is 12.3. The average molecular weight is 331 g/mol. The van der Waals surface area contributed by atoms with Gasteiger partial charge in [0.1, 0.15) is 11.5 Å². The summed E-state index contributed by atoms with van der Waals surface area (Å²) in [6, 6.07) is 0. The van der Waals surface area contributed by atoms with Crippen molar-refractivity contribution in [3.8, 4) is 0 Å². The Balaban J connectivity index is 5.55. The zero-order valence-electron chi connectivity index (χ0n) is 14.7. The van der Waals surface area contributed by atoms with Gasteiger partial charge in [0.15, 0.2) is 5.78 Å². The molecule has 0 aliphatic heterocycles. The van der Waals surface area contributed by atoms with Crippen molar-refractivity contribution in [1.82, 2.24) is 0 Å². The monoisotopic (exact) mass is 331 g/mol. The first kappa shape index (κ1) is 20.8. The number of ketones is 1. The van der Waals surface area contributed by atoms with Crippen LogP contribution >= 0.6 is 0 Å². The predicted molar refractivity (Wildman–Crippen MR) is 89.4 cm³/mol. The van der Waals surface area contributed by atoms with E-state index in [0.29, 0.717) is 5.75 Å². The molecule has 0 fully saturated rings. The van der Waals surface area contributed by atoms with Gasteiger partial charge in [0.2, 0.25) is 0 Å². The van der Waals surface area contributed by atoms with Crippen LogP contribution in [0.3, 0.4) is 0 Å². The van der Waals surface area contributed by atoms with Crippen LogP contribution in [0.25, 0.3) is 0 Å². The Morgan fingerprint density at radius 1 is 1.05 bits per heavy atom. The summed E-state index contributed by atoms with van der Waals surface area (Å²) in [6.07, 6.45) is 0.736. The highest BCUT2D eigenvalue weighted by molar-refractivity contribution is 7.85. The van der Waals surface area contributed by atoms with Crippen molar-refractivity contribution < 1.29 is 18.5 Å². The van der Waals surface area contributed by atoms with E-state index in [1.54, 1.807) is 41.5 Å². The summed E-state index contributed by atoms with van der Waals surface area (Å²) in [5.41, 5.74) is 4.35. The number of hydrogen-bond donors (Lipinski definition) is 1. The molecule has 0 aromatic heterocycles. The van der Waals surface area contributed by atoms with Gasteiger partial charge < -0.3 is 10.5 Å². The summed E-state index contributed by atoms with van der Waals surface area (Å²) in [4.78, 5) is 24.4. The molecule has 1 unspecified atom stereocenters. The lowest BCUT2D eigenvalue weighted by atomic mass is 9.89. The van der Waals surface area contributed by atoms with Gasteiger partial charge in [0.05, 0.1) is 11.2 Å². The van der Waals surface area contributed by atoms with Crippen molar-refractivity contribution in [2.45, 2.75) is 54.9 Å². The summed E-state index contributed by atoms with van der Waals surface area (Å²) in [5.74, 6) is -0.360. The molecule has 5 nitrogen and oxygen atoms in total. The number of ether oxygens (including phenoxy) is 1. The molecule has 0 aromatic rings. The molecule has 0 bridgehead atoms. The van der Waals surface area contributed by atoms with Gasteiger partial charge in [-0.15, -0.1) is 0 Å². The van der Waals surface area contributed by atoms with Crippen LogP contribution in [0, 0.1) is 10.8 Å². The van der Waals surface area contributed by atoms with Crippen LogP contribution in [0.5, 0.6) is 0 Å². The van der Waals surface area contributed by atoms with E-state index in [1.807, 2.05) is 6.92 Å². The summed E-state index contributed by atoms with van der Waals surface area (Å²) in [7, 11) is -1.22. The largest absolute Gasteiger partial charge is 0.427 e. The molecule has 128 valence electrons. The minimum atomic E-state index is -1.22. The van der Waals surface area contributed by atoms with Gasteiger partial charge in [-0.2, -0.15) is 0 Å². The van der Waals surface area contributed by atoms with Crippen LogP contribution in [0.2, 0.25) is 0 Å². The molecule has 0 rings (SSSR count). The zero-order valence-corrected chi connectivity index (χ0v) is 15.6. The molecule has 2 N–H and O–H groups in total. The number of Topliss-reactive ketones (excluding diaryl/α,β-unsaturated/α-hetero) is 1. The number of hydrogen-bond acceptors (Lipinski definition) is 5. The van der Waals surface area contributed by atoms with E-state index in [-0.39, 0.29) is 23.0 Å². The lowest BCUT2D eigenvalue weighted by Crippen LogP contribution is -2.31. The first-order valence-electron chi connectivity index (χ1n) is 7.41. The molecule has 0 spiro atoms. The Labute approximate surface area is 136 Å². The first-order valence-corrected chi connectivity index (χ1v) is 8.90. The van der Waals surface area contributed by atoms with E-state index in [2.05, 4.69) is 0 Å². The van der Waals surface area contributed by atoms with Crippen molar-refractivity contribution in [2.75, 3.05) is 11.5 Å². The quantitative estimate of drug-likeness (QED) is 0.459. The number of rotatable bonds is 6. The topological polar surface area (TPSA) is 86.5 Å². The van der Waals surface area contributed by atoms with E-state index >= 15 is 0 Å². The molecule has 1 atom stereocenters. The third kappa shape index (κ3) is 6.73. The fourth-order valence-corrected chi connectivity index (χ4v) is 2.51. The molecular formula is C16H29NO4S. The third-order valence-corrected chi connectivity index (χ3v) is 4.23. The van der Waals surface area contributed by atoms with Gasteiger partial charge in [-0.1, -0.05) is 27.7 Å². The summed E-state index contributed by atoms with van der Waals surface area (Å²) in [6.45, 7) is 12.2. The number of nitrogens with two attached hydrogens (primary N) is 1. The number of carbonyl (C=O) groups excluding carboxylic acids is 2. The minimum absolute atomic E-state index is 0.0200.